The highest BCUT2D eigenvalue weighted by Gasteiger charge is 2.16. The van der Waals surface area contributed by atoms with Gasteiger partial charge in [-0.15, -0.1) is 0 Å². The number of hydrogen-bond acceptors (Lipinski definition) is 10. The first-order valence-corrected chi connectivity index (χ1v) is 11.8. The molecule has 0 aliphatic carbocycles. The van der Waals surface area contributed by atoms with Crippen LogP contribution in [0.25, 0.3) is 0 Å². The van der Waals surface area contributed by atoms with Crippen LogP contribution < -0.4 is 33.2 Å². The molecule has 0 aliphatic heterocycles. The van der Waals surface area contributed by atoms with Gasteiger partial charge in [0.25, 0.3) is 0 Å². The lowest BCUT2D eigenvalue weighted by Gasteiger charge is -2.19. The number of nitrogens with two attached hydrogens (primary N) is 2. The summed E-state index contributed by atoms with van der Waals surface area (Å²) in [5.74, 6) is 3.45. The molecule has 0 atom stereocenters. The van der Waals surface area contributed by atoms with Crippen molar-refractivity contribution in [2.24, 2.45) is 11.6 Å². The van der Waals surface area contributed by atoms with Gasteiger partial charge in [-0.1, -0.05) is 30.3 Å². The zero-order chi connectivity index (χ0) is 30.5. The van der Waals surface area contributed by atoms with Crippen molar-refractivity contribution in [1.82, 2.24) is 21.6 Å². The number of aliphatic carboxylic acids is 1. The Hall–Kier alpha value is -4.11. The first-order chi connectivity index (χ1) is 18.0. The number of carboxylic acids is 1. The van der Waals surface area contributed by atoms with Crippen molar-refractivity contribution in [3.63, 3.8) is 0 Å². The maximum Gasteiger partial charge on any atom is 0.426 e. The Labute approximate surface area is 228 Å². The molecule has 0 bridgehead atoms. The average Bonchev–Trinajstić information content (AvgIpc) is 2.81. The molecule has 0 saturated carbocycles. The molecule has 0 aromatic heterocycles. The molecule has 39 heavy (non-hydrogen) atoms. The Balaban J connectivity index is 0. The number of hydrazine groups is 2. The molecule has 222 valence electrons. The monoisotopic (exact) mass is 558 g/mol. The summed E-state index contributed by atoms with van der Waals surface area (Å²) in [4.78, 5) is 53.4. The Morgan fingerprint density at radius 1 is 0.821 bits per heavy atom. The van der Waals surface area contributed by atoms with Gasteiger partial charge >= 0.3 is 24.2 Å². The van der Waals surface area contributed by atoms with Crippen LogP contribution in [-0.2, 0) is 30.4 Å². The van der Waals surface area contributed by atoms with Gasteiger partial charge in [-0.05, 0) is 47.1 Å². The third kappa shape index (κ3) is 28.3. The number of carbonyl (C=O) groups excluding carboxylic acids is 4. The topological polar surface area (TPSA) is 233 Å². The van der Waals surface area contributed by atoms with Crippen molar-refractivity contribution in [1.29, 1.82) is 0 Å². The van der Waals surface area contributed by atoms with Crippen molar-refractivity contribution < 1.29 is 43.3 Å². The molecule has 9 N–H and O–H groups in total. The van der Waals surface area contributed by atoms with Gasteiger partial charge < -0.3 is 30.4 Å². The van der Waals surface area contributed by atoms with E-state index in [1.807, 2.05) is 35.8 Å². The maximum absolute atomic E-state index is 11.1. The molecular weight excluding hydrogens is 516 g/mol. The van der Waals surface area contributed by atoms with Crippen molar-refractivity contribution in [2.75, 3.05) is 13.1 Å². The van der Waals surface area contributed by atoms with Crippen LogP contribution in [0, 0.1) is 0 Å². The first kappa shape index (κ1) is 37.0. The van der Waals surface area contributed by atoms with Gasteiger partial charge in [0.15, 0.2) is 0 Å². The molecule has 0 fully saturated rings. The van der Waals surface area contributed by atoms with Crippen molar-refractivity contribution in [3.05, 3.63) is 35.9 Å². The van der Waals surface area contributed by atoms with Gasteiger partial charge in [0.2, 0.25) is 5.91 Å². The second-order valence-electron chi connectivity index (χ2n) is 9.49. The van der Waals surface area contributed by atoms with Crippen molar-refractivity contribution in [3.8, 4) is 0 Å². The zero-order valence-corrected chi connectivity index (χ0v) is 23.3. The molecule has 15 heteroatoms. The molecule has 1 aromatic carbocycles. The number of carbonyl (C=O) groups is 5. The fourth-order valence-electron chi connectivity index (χ4n) is 1.97. The van der Waals surface area contributed by atoms with E-state index >= 15 is 0 Å². The molecule has 4 amide bonds. The van der Waals surface area contributed by atoms with E-state index in [2.05, 4.69) is 16.2 Å². The number of benzene rings is 1. The summed E-state index contributed by atoms with van der Waals surface area (Å²) >= 11 is 0. The van der Waals surface area contributed by atoms with Gasteiger partial charge in [-0.3, -0.25) is 20.4 Å². The average molecular weight is 559 g/mol. The van der Waals surface area contributed by atoms with Crippen LogP contribution >= 0.6 is 0 Å². The third-order valence-corrected chi connectivity index (χ3v) is 3.41. The minimum absolute atomic E-state index is 0.0724. The van der Waals surface area contributed by atoms with Crippen LogP contribution in [0.15, 0.2) is 30.3 Å². The highest BCUT2D eigenvalue weighted by atomic mass is 16.6. The molecule has 0 radical (unpaired) electrons. The van der Waals surface area contributed by atoms with E-state index in [1.54, 1.807) is 41.5 Å². The van der Waals surface area contributed by atoms with Gasteiger partial charge in [-0.25, -0.2) is 25.7 Å². The summed E-state index contributed by atoms with van der Waals surface area (Å²) in [5, 5.41) is 10.7. The van der Waals surface area contributed by atoms with Crippen LogP contribution in [0.2, 0.25) is 0 Å². The van der Waals surface area contributed by atoms with Crippen LogP contribution in [0.4, 0.5) is 14.4 Å². The fraction of sp³-hybridized carbons (Fsp3) is 0.542. The van der Waals surface area contributed by atoms with E-state index in [9.17, 15) is 24.0 Å². The van der Waals surface area contributed by atoms with Crippen LogP contribution in [0.1, 0.15) is 59.9 Å². The summed E-state index contributed by atoms with van der Waals surface area (Å²) < 4.78 is 14.4. The maximum atomic E-state index is 11.1. The summed E-state index contributed by atoms with van der Waals surface area (Å²) in [7, 11) is 0. The lowest BCUT2D eigenvalue weighted by molar-refractivity contribution is -0.136. The SMILES string of the molecule is CC(C)(C)OC(=O)NN.CC(C)(C)OC(=O)NNC(=O)CCN.O=C(O)CCNC(=O)OCc1ccccc1. The zero-order valence-electron chi connectivity index (χ0n) is 23.3. The summed E-state index contributed by atoms with van der Waals surface area (Å²) in [6.07, 6.45) is -1.86. The number of carboxylic acid groups (broad SMARTS) is 1. The van der Waals surface area contributed by atoms with Gasteiger partial charge in [0, 0.05) is 19.5 Å². The van der Waals surface area contributed by atoms with Gasteiger partial charge in [0.05, 0.1) is 6.42 Å². The highest BCUT2D eigenvalue weighted by Crippen LogP contribution is 2.06. The van der Waals surface area contributed by atoms with E-state index in [0.717, 1.165) is 5.56 Å². The minimum Gasteiger partial charge on any atom is -0.481 e. The van der Waals surface area contributed by atoms with Crippen LogP contribution in [0.3, 0.4) is 0 Å². The second-order valence-corrected chi connectivity index (χ2v) is 9.49. The Kier molecular flexibility index (Phi) is 18.9. The molecule has 0 saturated heterocycles. The van der Waals surface area contributed by atoms with E-state index in [-0.39, 0.29) is 38.4 Å². The normalized spacial score (nSPS) is 10.2. The summed E-state index contributed by atoms with van der Waals surface area (Å²) in [6, 6.07) is 9.24. The molecule has 0 spiro atoms. The predicted octanol–water partition coefficient (Wildman–Crippen LogP) is 1.66. The summed E-state index contributed by atoms with van der Waals surface area (Å²) in [5.41, 5.74) is 11.1. The number of amides is 4. The lowest BCUT2D eigenvalue weighted by Crippen LogP contribution is -2.44. The van der Waals surface area contributed by atoms with Crippen LogP contribution in [0.5, 0.6) is 0 Å². The Morgan fingerprint density at radius 2 is 1.36 bits per heavy atom. The standard InChI is InChI=1S/C11H13NO4.C8H17N3O3.C5H12N2O2/c13-10(14)6-7-12-11(15)16-8-9-4-2-1-3-5-9;1-8(2,3)14-7(13)11-10-6(12)4-5-9;1-5(2,3)9-4(8)7-6/h1-5H,6-8H2,(H,12,15)(H,13,14);4-5,9H2,1-3H3,(H,10,12)(H,11,13);6H2,1-3H3,(H,7,8). The molecule has 1 rings (SSSR count). The van der Waals surface area contributed by atoms with E-state index in [0.29, 0.717) is 0 Å². The fourth-order valence-corrected chi connectivity index (χ4v) is 1.97. The number of nitrogens with one attached hydrogen (secondary N) is 4. The molecular formula is C24H42N6O9. The molecule has 0 unspecified atom stereocenters. The van der Waals surface area contributed by atoms with Gasteiger partial charge in [-0.2, -0.15) is 0 Å². The Morgan fingerprint density at radius 3 is 1.79 bits per heavy atom. The predicted molar refractivity (Wildman–Crippen MR) is 142 cm³/mol. The van der Waals surface area contributed by atoms with Crippen molar-refractivity contribution >= 4 is 30.2 Å². The number of hydrogen-bond donors (Lipinski definition) is 7. The van der Waals surface area contributed by atoms with Gasteiger partial charge in [0.1, 0.15) is 17.8 Å². The third-order valence-electron chi connectivity index (χ3n) is 3.41. The highest BCUT2D eigenvalue weighted by molar-refractivity contribution is 5.79. The van der Waals surface area contributed by atoms with E-state index in [1.165, 1.54) is 0 Å². The first-order valence-electron chi connectivity index (χ1n) is 11.8. The smallest absolute Gasteiger partial charge is 0.426 e. The number of alkyl carbamates (subject to hydrolysis) is 1. The number of ether oxygens (including phenoxy) is 3. The molecule has 0 heterocycles. The molecule has 0 aliphatic rings. The van der Waals surface area contributed by atoms with E-state index in [4.69, 9.17) is 30.9 Å². The van der Waals surface area contributed by atoms with Crippen LogP contribution in [-0.4, -0.2) is 59.6 Å². The molecule has 1 aromatic rings. The number of rotatable bonds is 7. The minimum atomic E-state index is -0.955. The van der Waals surface area contributed by atoms with Crippen molar-refractivity contribution in [2.45, 2.75) is 72.2 Å². The lowest BCUT2D eigenvalue weighted by atomic mass is 10.2. The summed E-state index contributed by atoms with van der Waals surface area (Å²) in [6.45, 7) is 11.0. The Bertz CT molecular complexity index is 884. The molecule has 15 nitrogen and oxygen atoms in total. The second kappa shape index (κ2) is 19.9. The van der Waals surface area contributed by atoms with E-state index < -0.39 is 35.5 Å². The quantitative estimate of drug-likeness (QED) is 0.110. The largest absolute Gasteiger partial charge is 0.481 e.